The first-order valence-corrected chi connectivity index (χ1v) is 5.83. The van der Waals surface area contributed by atoms with Crippen LogP contribution < -0.4 is 10.5 Å². The molecule has 1 atom stereocenters. The van der Waals surface area contributed by atoms with Crippen LogP contribution in [0.2, 0.25) is 0 Å². The van der Waals surface area contributed by atoms with E-state index in [1.807, 2.05) is 0 Å². The molecule has 1 aliphatic carbocycles. The number of aliphatic hydroxyl groups is 1. The second-order valence-electron chi connectivity index (χ2n) is 4.75. The van der Waals surface area contributed by atoms with Gasteiger partial charge in [0.2, 0.25) is 0 Å². The molecule has 0 aromatic heterocycles. The Morgan fingerprint density at radius 1 is 1.53 bits per heavy atom. The van der Waals surface area contributed by atoms with Crippen molar-refractivity contribution in [1.29, 1.82) is 0 Å². The molecule has 0 amide bonds. The fourth-order valence-corrected chi connectivity index (χ4v) is 2.43. The summed E-state index contributed by atoms with van der Waals surface area (Å²) >= 11 is 0. The van der Waals surface area contributed by atoms with Crippen molar-refractivity contribution in [2.45, 2.75) is 25.3 Å². The van der Waals surface area contributed by atoms with Crippen molar-refractivity contribution in [3.63, 3.8) is 0 Å². The zero-order chi connectivity index (χ0) is 12.5. The molecule has 17 heavy (non-hydrogen) atoms. The zero-order valence-corrected chi connectivity index (χ0v) is 9.95. The Labute approximate surface area is 100 Å². The van der Waals surface area contributed by atoms with Crippen molar-refractivity contribution in [3.05, 3.63) is 29.6 Å². The average molecular weight is 239 g/mol. The van der Waals surface area contributed by atoms with Crippen LogP contribution in [-0.2, 0) is 0 Å². The van der Waals surface area contributed by atoms with Gasteiger partial charge in [-0.05, 0) is 30.5 Å². The molecule has 1 aliphatic rings. The Balaban J connectivity index is 2.25. The summed E-state index contributed by atoms with van der Waals surface area (Å²) in [4.78, 5) is 0. The van der Waals surface area contributed by atoms with Crippen LogP contribution in [0.4, 0.5) is 4.39 Å². The number of aliphatic hydroxyl groups excluding tert-OH is 1. The molecule has 0 saturated heterocycles. The molecular weight excluding hydrogens is 221 g/mol. The van der Waals surface area contributed by atoms with Crippen molar-refractivity contribution in [2.75, 3.05) is 13.7 Å². The number of rotatable bonds is 4. The van der Waals surface area contributed by atoms with Crippen molar-refractivity contribution >= 4 is 0 Å². The summed E-state index contributed by atoms with van der Waals surface area (Å²) in [6, 6.07) is 4.43. The molecule has 1 aromatic carbocycles. The van der Waals surface area contributed by atoms with Crippen LogP contribution in [0.1, 0.15) is 30.9 Å². The summed E-state index contributed by atoms with van der Waals surface area (Å²) in [5.74, 6) is -0.194. The summed E-state index contributed by atoms with van der Waals surface area (Å²) < 4.78 is 18.4. The van der Waals surface area contributed by atoms with Gasteiger partial charge in [-0.1, -0.05) is 12.5 Å². The molecule has 0 spiro atoms. The fraction of sp³-hybridized carbons (Fsp3) is 0.538. The number of nitrogens with two attached hydrogens (primary N) is 1. The third kappa shape index (κ3) is 2.03. The van der Waals surface area contributed by atoms with Crippen molar-refractivity contribution < 1.29 is 14.2 Å². The molecule has 0 aliphatic heterocycles. The Hall–Kier alpha value is -1.13. The van der Waals surface area contributed by atoms with Gasteiger partial charge in [-0.3, -0.25) is 0 Å². The zero-order valence-electron chi connectivity index (χ0n) is 9.95. The topological polar surface area (TPSA) is 55.5 Å². The van der Waals surface area contributed by atoms with Crippen LogP contribution in [0.25, 0.3) is 0 Å². The highest BCUT2D eigenvalue weighted by atomic mass is 19.1. The normalized spacial score (nSPS) is 19.5. The van der Waals surface area contributed by atoms with Gasteiger partial charge in [0.15, 0.2) is 11.6 Å². The number of benzene rings is 1. The molecule has 1 aromatic rings. The van der Waals surface area contributed by atoms with Gasteiger partial charge in [0.25, 0.3) is 0 Å². The van der Waals surface area contributed by atoms with E-state index in [0.29, 0.717) is 0 Å². The third-order valence-electron chi connectivity index (χ3n) is 3.86. The molecule has 0 bridgehead atoms. The summed E-state index contributed by atoms with van der Waals surface area (Å²) in [5.41, 5.74) is 6.60. The monoisotopic (exact) mass is 239 g/mol. The number of hydrogen-bond acceptors (Lipinski definition) is 3. The maximum absolute atomic E-state index is 13.6. The van der Waals surface area contributed by atoms with E-state index in [1.54, 1.807) is 12.1 Å². The van der Waals surface area contributed by atoms with E-state index in [-0.39, 0.29) is 23.8 Å². The van der Waals surface area contributed by atoms with Crippen LogP contribution in [0.5, 0.6) is 5.75 Å². The lowest BCUT2D eigenvalue weighted by Crippen LogP contribution is -2.43. The molecule has 2 rings (SSSR count). The minimum Gasteiger partial charge on any atom is -0.494 e. The predicted molar refractivity (Wildman–Crippen MR) is 63.3 cm³/mol. The second kappa shape index (κ2) is 4.63. The number of methoxy groups -OCH3 is 1. The first-order chi connectivity index (χ1) is 8.13. The van der Waals surface area contributed by atoms with Crippen molar-refractivity contribution in [2.24, 2.45) is 11.1 Å². The van der Waals surface area contributed by atoms with Crippen molar-refractivity contribution in [3.8, 4) is 5.75 Å². The Bertz CT molecular complexity index is 399. The largest absolute Gasteiger partial charge is 0.494 e. The lowest BCUT2D eigenvalue weighted by Gasteiger charge is -2.45. The van der Waals surface area contributed by atoms with Crippen molar-refractivity contribution in [1.82, 2.24) is 0 Å². The SMILES string of the molecule is COc1ccc(C(N)C2(CO)CCC2)cc1F. The fourth-order valence-electron chi connectivity index (χ4n) is 2.43. The van der Waals surface area contributed by atoms with Gasteiger partial charge in [-0.15, -0.1) is 0 Å². The summed E-state index contributed by atoms with van der Waals surface area (Å²) in [7, 11) is 1.43. The Kier molecular flexibility index (Phi) is 3.35. The predicted octanol–water partition coefficient (Wildman–Crippen LogP) is 2.00. The molecule has 1 fully saturated rings. The Morgan fingerprint density at radius 2 is 2.24 bits per heavy atom. The van der Waals surface area contributed by atoms with E-state index < -0.39 is 5.82 Å². The van der Waals surface area contributed by atoms with E-state index >= 15 is 0 Å². The summed E-state index contributed by atoms with van der Waals surface area (Å²) in [6.45, 7) is 0.0574. The van der Waals surface area contributed by atoms with E-state index in [0.717, 1.165) is 24.8 Å². The lowest BCUT2D eigenvalue weighted by molar-refractivity contribution is 0.0183. The molecule has 94 valence electrons. The maximum Gasteiger partial charge on any atom is 0.165 e. The molecule has 1 unspecified atom stereocenters. The minimum atomic E-state index is -0.409. The highest BCUT2D eigenvalue weighted by Gasteiger charge is 2.42. The van der Waals surface area contributed by atoms with E-state index in [4.69, 9.17) is 10.5 Å². The quantitative estimate of drug-likeness (QED) is 0.845. The molecule has 4 heteroatoms. The van der Waals surface area contributed by atoms with Crippen LogP contribution >= 0.6 is 0 Å². The van der Waals surface area contributed by atoms with Crippen LogP contribution in [0.3, 0.4) is 0 Å². The second-order valence-corrected chi connectivity index (χ2v) is 4.75. The molecular formula is C13H18FNO2. The van der Waals surface area contributed by atoms with Crippen LogP contribution in [-0.4, -0.2) is 18.8 Å². The standard InChI is InChI=1S/C13H18FNO2/c1-17-11-4-3-9(7-10(11)14)12(15)13(8-16)5-2-6-13/h3-4,7,12,16H,2,5-6,8,15H2,1H3. The lowest BCUT2D eigenvalue weighted by atomic mass is 9.63. The summed E-state index contributed by atoms with van der Waals surface area (Å²) in [5, 5.41) is 9.44. The van der Waals surface area contributed by atoms with Gasteiger partial charge in [0, 0.05) is 11.5 Å². The first kappa shape index (κ1) is 12.3. The maximum atomic E-state index is 13.6. The highest BCUT2D eigenvalue weighted by Crippen LogP contribution is 2.48. The summed E-state index contributed by atoms with van der Waals surface area (Å²) in [6.07, 6.45) is 2.88. The van der Waals surface area contributed by atoms with E-state index in [1.165, 1.54) is 13.2 Å². The van der Waals surface area contributed by atoms with Gasteiger partial charge in [0.05, 0.1) is 13.7 Å². The van der Waals surface area contributed by atoms with Gasteiger partial charge in [0.1, 0.15) is 0 Å². The van der Waals surface area contributed by atoms with E-state index in [2.05, 4.69) is 0 Å². The number of ether oxygens (including phenoxy) is 1. The molecule has 0 heterocycles. The third-order valence-corrected chi connectivity index (χ3v) is 3.86. The average Bonchev–Trinajstić information content (AvgIpc) is 2.28. The Morgan fingerprint density at radius 3 is 2.65 bits per heavy atom. The van der Waals surface area contributed by atoms with Crippen LogP contribution in [0, 0.1) is 11.2 Å². The molecule has 3 N–H and O–H groups in total. The first-order valence-electron chi connectivity index (χ1n) is 5.83. The van der Waals surface area contributed by atoms with Gasteiger partial charge < -0.3 is 15.6 Å². The minimum absolute atomic E-state index is 0.0574. The van der Waals surface area contributed by atoms with Gasteiger partial charge in [-0.25, -0.2) is 4.39 Å². The molecule has 1 saturated carbocycles. The smallest absolute Gasteiger partial charge is 0.165 e. The van der Waals surface area contributed by atoms with Gasteiger partial charge >= 0.3 is 0 Å². The van der Waals surface area contributed by atoms with Gasteiger partial charge in [-0.2, -0.15) is 0 Å². The molecule has 3 nitrogen and oxygen atoms in total. The van der Waals surface area contributed by atoms with E-state index in [9.17, 15) is 9.50 Å². The number of halogens is 1. The highest BCUT2D eigenvalue weighted by molar-refractivity contribution is 5.32. The molecule has 0 radical (unpaired) electrons. The van der Waals surface area contributed by atoms with Crippen LogP contribution in [0.15, 0.2) is 18.2 Å². The number of hydrogen-bond donors (Lipinski definition) is 2.